The topological polar surface area (TPSA) is 30.0 Å². The molecule has 0 saturated carbocycles. The predicted molar refractivity (Wildman–Crippen MR) is 53.7 cm³/mol. The molecule has 0 aliphatic rings. The van der Waals surface area contributed by atoms with E-state index in [0.717, 1.165) is 12.1 Å². The van der Waals surface area contributed by atoms with E-state index in [1.54, 1.807) is 5.38 Å². The summed E-state index contributed by atoms with van der Waals surface area (Å²) >= 11 is 1.19. The van der Waals surface area contributed by atoms with Crippen molar-refractivity contribution in [2.75, 3.05) is 0 Å². The zero-order valence-electron chi connectivity index (χ0n) is 7.41. The second-order valence-electron chi connectivity index (χ2n) is 2.80. The van der Waals surface area contributed by atoms with Crippen LogP contribution in [0.2, 0.25) is 0 Å². The molecule has 0 amide bonds. The van der Waals surface area contributed by atoms with Crippen molar-refractivity contribution >= 4 is 11.3 Å². The molecule has 15 heavy (non-hydrogen) atoms. The van der Waals surface area contributed by atoms with Gasteiger partial charge in [0.25, 0.3) is 5.56 Å². The van der Waals surface area contributed by atoms with E-state index in [1.165, 1.54) is 23.5 Å². The van der Waals surface area contributed by atoms with Gasteiger partial charge in [-0.05, 0) is 23.6 Å². The van der Waals surface area contributed by atoms with Crippen LogP contribution in [0.3, 0.4) is 0 Å². The summed E-state index contributed by atoms with van der Waals surface area (Å²) < 4.78 is 25.5. The molecule has 0 bridgehead atoms. The summed E-state index contributed by atoms with van der Waals surface area (Å²) in [7, 11) is 0. The van der Waals surface area contributed by atoms with Crippen molar-refractivity contribution in [3.05, 3.63) is 51.6 Å². The predicted octanol–water partition coefficient (Wildman–Crippen LogP) is 2.45. The van der Waals surface area contributed by atoms with Gasteiger partial charge in [-0.2, -0.15) is 4.98 Å². The van der Waals surface area contributed by atoms with Crippen molar-refractivity contribution in [1.29, 1.82) is 0 Å². The average molecular weight is 225 g/mol. The van der Waals surface area contributed by atoms with Crippen LogP contribution in [0.5, 0.6) is 0 Å². The summed E-state index contributed by atoms with van der Waals surface area (Å²) in [5.74, 6) is -1.86. The Labute approximate surface area is 87.9 Å². The van der Waals surface area contributed by atoms with Crippen LogP contribution < -0.4 is 5.56 Å². The quantitative estimate of drug-likeness (QED) is 0.746. The lowest BCUT2D eigenvalue weighted by atomic mass is 10.2. The first-order valence-electron chi connectivity index (χ1n) is 4.08. The number of aromatic nitrogens is 1. The molecule has 1 heterocycles. The van der Waals surface area contributed by atoms with Crippen LogP contribution in [-0.4, -0.2) is 4.98 Å². The highest BCUT2D eigenvalue weighted by atomic mass is 32.1. The van der Waals surface area contributed by atoms with Crippen molar-refractivity contribution in [3.8, 4) is 10.6 Å². The van der Waals surface area contributed by atoms with Crippen molar-refractivity contribution in [2.45, 2.75) is 0 Å². The van der Waals surface area contributed by atoms with E-state index in [0.29, 0.717) is 10.6 Å². The molecule has 1 aromatic carbocycles. The Kier molecular flexibility index (Phi) is 2.55. The van der Waals surface area contributed by atoms with Crippen LogP contribution >= 0.6 is 11.3 Å². The van der Waals surface area contributed by atoms with Crippen LogP contribution in [0.15, 0.2) is 34.4 Å². The van der Waals surface area contributed by atoms with Crippen LogP contribution in [0.1, 0.15) is 0 Å². The molecule has 0 aliphatic heterocycles. The Morgan fingerprint density at radius 3 is 2.60 bits per heavy atom. The maximum absolute atomic E-state index is 12.9. The summed E-state index contributed by atoms with van der Waals surface area (Å²) in [5.41, 5.74) is 0.00471. The zero-order chi connectivity index (χ0) is 10.8. The van der Waals surface area contributed by atoms with Gasteiger partial charge in [-0.25, -0.2) is 8.78 Å². The number of hydrogen-bond donors (Lipinski definition) is 0. The number of rotatable bonds is 1. The monoisotopic (exact) mass is 225 g/mol. The van der Waals surface area contributed by atoms with Gasteiger partial charge >= 0.3 is 0 Å². The molecular formula is C10H5F2NOS. The molecule has 0 atom stereocenters. The molecule has 0 spiro atoms. The minimum absolute atomic E-state index is 0.376. The van der Waals surface area contributed by atoms with E-state index in [2.05, 4.69) is 4.98 Å². The number of benzene rings is 1. The molecule has 0 fully saturated rings. The first kappa shape index (κ1) is 9.92. The summed E-state index contributed by atoms with van der Waals surface area (Å²) in [6, 6.07) is 4.73. The van der Waals surface area contributed by atoms with Gasteiger partial charge in [-0.3, -0.25) is 4.79 Å². The molecular weight excluding hydrogens is 220 g/mol. The lowest BCUT2D eigenvalue weighted by Gasteiger charge is -1.99. The van der Waals surface area contributed by atoms with Gasteiger partial charge < -0.3 is 0 Å². The first-order valence-corrected chi connectivity index (χ1v) is 4.96. The molecule has 2 nitrogen and oxygen atoms in total. The fraction of sp³-hybridized carbons (Fsp3) is 0. The zero-order valence-corrected chi connectivity index (χ0v) is 8.22. The molecule has 2 aromatic rings. The largest absolute Gasteiger partial charge is 0.271 e. The second-order valence-corrected chi connectivity index (χ2v) is 3.70. The third-order valence-corrected chi connectivity index (χ3v) is 2.59. The van der Waals surface area contributed by atoms with Crippen molar-refractivity contribution in [1.82, 2.24) is 4.98 Å². The van der Waals surface area contributed by atoms with Crippen LogP contribution in [-0.2, 0) is 0 Å². The third-order valence-electron chi connectivity index (χ3n) is 1.77. The average Bonchev–Trinajstić information content (AvgIpc) is 2.22. The molecule has 0 aliphatic carbocycles. The third kappa shape index (κ3) is 2.07. The smallest absolute Gasteiger partial charge is 0.267 e. The molecule has 5 heteroatoms. The highest BCUT2D eigenvalue weighted by Gasteiger charge is 2.05. The molecule has 0 saturated heterocycles. The molecule has 1 aromatic heterocycles. The fourth-order valence-corrected chi connectivity index (χ4v) is 1.80. The summed E-state index contributed by atoms with van der Waals surface area (Å²) in [6.45, 7) is 0. The molecule has 0 unspecified atom stereocenters. The van der Waals surface area contributed by atoms with Crippen LogP contribution in [0.4, 0.5) is 8.78 Å². The van der Waals surface area contributed by atoms with E-state index in [4.69, 9.17) is 0 Å². The molecule has 0 N–H and O–H groups in total. The summed E-state index contributed by atoms with van der Waals surface area (Å²) in [4.78, 5) is 14.6. The van der Waals surface area contributed by atoms with E-state index in [9.17, 15) is 13.6 Å². The van der Waals surface area contributed by atoms with Gasteiger partial charge in [0.1, 0.15) is 5.01 Å². The van der Waals surface area contributed by atoms with Gasteiger partial charge in [0, 0.05) is 11.6 Å². The van der Waals surface area contributed by atoms with E-state index >= 15 is 0 Å². The van der Waals surface area contributed by atoms with Gasteiger partial charge in [0.2, 0.25) is 0 Å². The molecule has 0 radical (unpaired) electrons. The highest BCUT2D eigenvalue weighted by molar-refractivity contribution is 7.12. The van der Waals surface area contributed by atoms with Crippen LogP contribution in [0.25, 0.3) is 10.6 Å². The first-order chi connectivity index (χ1) is 7.16. The van der Waals surface area contributed by atoms with E-state index in [1.807, 2.05) is 0 Å². The Bertz CT molecular complexity index is 553. The van der Waals surface area contributed by atoms with Gasteiger partial charge in [0.15, 0.2) is 11.6 Å². The Morgan fingerprint density at radius 2 is 1.93 bits per heavy atom. The highest BCUT2D eigenvalue weighted by Crippen LogP contribution is 2.21. The normalized spacial score (nSPS) is 10.3. The molecule has 76 valence electrons. The Hall–Kier alpha value is -1.62. The maximum Gasteiger partial charge on any atom is 0.271 e. The van der Waals surface area contributed by atoms with Crippen LogP contribution in [0, 0.1) is 11.6 Å². The van der Waals surface area contributed by atoms with Gasteiger partial charge in [-0.15, -0.1) is 11.3 Å². The van der Waals surface area contributed by atoms with Crippen molar-refractivity contribution in [2.24, 2.45) is 0 Å². The van der Waals surface area contributed by atoms with E-state index < -0.39 is 17.2 Å². The van der Waals surface area contributed by atoms with E-state index in [-0.39, 0.29) is 0 Å². The second kappa shape index (κ2) is 3.86. The summed E-state index contributed by atoms with van der Waals surface area (Å²) in [6.07, 6.45) is 0. The fourth-order valence-electron chi connectivity index (χ4n) is 1.08. The number of halogens is 2. The van der Waals surface area contributed by atoms with Gasteiger partial charge in [0.05, 0.1) is 0 Å². The Balaban J connectivity index is 2.55. The SMILES string of the molecule is O=c1ccsc(-c2ccc(F)c(F)c2)n1. The van der Waals surface area contributed by atoms with Gasteiger partial charge in [-0.1, -0.05) is 0 Å². The van der Waals surface area contributed by atoms with Crippen molar-refractivity contribution < 1.29 is 8.78 Å². The number of hydrogen-bond acceptors (Lipinski definition) is 3. The number of nitrogens with zero attached hydrogens (tertiary/aromatic N) is 1. The maximum atomic E-state index is 12.9. The Morgan fingerprint density at radius 1 is 1.13 bits per heavy atom. The lowest BCUT2D eigenvalue weighted by Crippen LogP contribution is -2.02. The minimum atomic E-state index is -0.946. The minimum Gasteiger partial charge on any atom is -0.267 e. The standard InChI is InChI=1S/C10H5F2NOS/c11-7-2-1-6(5-8(7)12)10-13-9(14)3-4-15-10/h1-5H. The summed E-state index contributed by atoms with van der Waals surface area (Å²) in [5, 5.41) is 1.94. The molecule has 2 rings (SSSR count). The van der Waals surface area contributed by atoms with Crippen molar-refractivity contribution in [3.63, 3.8) is 0 Å². The lowest BCUT2D eigenvalue weighted by molar-refractivity contribution is 0.509.